The fraction of sp³-hybridized carbons (Fsp3) is 0.833. The molecule has 2 fully saturated rings. The van der Waals surface area contributed by atoms with Crippen LogP contribution >= 0.6 is 0 Å². The van der Waals surface area contributed by atoms with Gasteiger partial charge in [-0.3, -0.25) is 14.4 Å². The van der Waals surface area contributed by atoms with Crippen molar-refractivity contribution in [3.8, 4) is 0 Å². The Balaban J connectivity index is 2.11. The maximum Gasteiger partial charge on any atom is 0.306 e. The molecular weight excluding hydrogens is 310 g/mol. The lowest BCUT2D eigenvalue weighted by molar-refractivity contribution is -0.149. The van der Waals surface area contributed by atoms with Gasteiger partial charge in [0.25, 0.3) is 0 Å². The molecule has 2 aliphatic rings. The van der Waals surface area contributed by atoms with E-state index in [4.69, 9.17) is 9.47 Å². The van der Waals surface area contributed by atoms with E-state index in [1.807, 2.05) is 13.8 Å². The van der Waals surface area contributed by atoms with Crippen LogP contribution < -0.4 is 0 Å². The highest BCUT2D eigenvalue weighted by molar-refractivity contribution is 5.91. The molecule has 2 rings (SSSR count). The molecule has 2 heterocycles. The molecule has 0 bridgehead atoms. The Bertz CT molecular complexity index is 470. The first-order valence-corrected chi connectivity index (χ1v) is 8.91. The molecule has 2 saturated heterocycles. The molecule has 6 heteroatoms. The zero-order valence-electron chi connectivity index (χ0n) is 15.0. The van der Waals surface area contributed by atoms with Crippen LogP contribution in [0.4, 0.5) is 0 Å². The van der Waals surface area contributed by atoms with Crippen molar-refractivity contribution in [1.82, 2.24) is 4.90 Å². The van der Waals surface area contributed by atoms with Crippen molar-refractivity contribution in [3.05, 3.63) is 0 Å². The number of Topliss-reactive ketones (excluding diaryl/α,β-unsaturated/α-hetero) is 1. The summed E-state index contributed by atoms with van der Waals surface area (Å²) >= 11 is 0. The highest BCUT2D eigenvalue weighted by atomic mass is 16.5. The topological polar surface area (TPSA) is 72.9 Å². The van der Waals surface area contributed by atoms with E-state index in [0.29, 0.717) is 26.2 Å². The molecule has 136 valence electrons. The van der Waals surface area contributed by atoms with E-state index >= 15 is 0 Å². The summed E-state index contributed by atoms with van der Waals surface area (Å²) in [6.07, 6.45) is 2.88. The monoisotopic (exact) mass is 339 g/mol. The molecule has 0 aliphatic carbocycles. The molecular formula is C18H29NO5. The number of carbonyl (C=O) groups excluding carboxylic acids is 3. The van der Waals surface area contributed by atoms with Crippen molar-refractivity contribution >= 4 is 17.7 Å². The van der Waals surface area contributed by atoms with E-state index in [0.717, 1.165) is 19.3 Å². The summed E-state index contributed by atoms with van der Waals surface area (Å²) in [6, 6.07) is -0.331. The third kappa shape index (κ3) is 4.56. The molecule has 24 heavy (non-hydrogen) atoms. The van der Waals surface area contributed by atoms with Crippen LogP contribution in [-0.4, -0.2) is 55.5 Å². The first-order chi connectivity index (χ1) is 11.4. The van der Waals surface area contributed by atoms with E-state index in [9.17, 15) is 14.4 Å². The lowest BCUT2D eigenvalue weighted by Crippen LogP contribution is -2.46. The van der Waals surface area contributed by atoms with Crippen LogP contribution in [0.15, 0.2) is 0 Å². The number of hydrogen-bond donors (Lipinski definition) is 0. The Morgan fingerprint density at radius 2 is 1.96 bits per heavy atom. The van der Waals surface area contributed by atoms with Crippen molar-refractivity contribution in [2.75, 3.05) is 26.9 Å². The van der Waals surface area contributed by atoms with Crippen molar-refractivity contribution in [1.29, 1.82) is 0 Å². The van der Waals surface area contributed by atoms with Gasteiger partial charge in [-0.1, -0.05) is 13.8 Å². The van der Waals surface area contributed by atoms with Gasteiger partial charge in [0.1, 0.15) is 0 Å². The third-order valence-electron chi connectivity index (χ3n) is 4.98. The van der Waals surface area contributed by atoms with Crippen LogP contribution in [0.25, 0.3) is 0 Å². The minimum atomic E-state index is -0.451. The molecule has 0 aromatic heterocycles. The number of esters is 1. The number of likely N-dealkylation sites (tertiary alicyclic amines) is 1. The Morgan fingerprint density at radius 3 is 2.54 bits per heavy atom. The Labute approximate surface area is 143 Å². The minimum Gasteiger partial charge on any atom is -0.469 e. The van der Waals surface area contributed by atoms with E-state index in [2.05, 4.69) is 0 Å². The molecule has 3 unspecified atom stereocenters. The summed E-state index contributed by atoms with van der Waals surface area (Å²) in [4.78, 5) is 39.0. The predicted molar refractivity (Wildman–Crippen MR) is 88.2 cm³/mol. The molecule has 0 spiro atoms. The summed E-state index contributed by atoms with van der Waals surface area (Å²) < 4.78 is 10.2. The Morgan fingerprint density at radius 1 is 1.21 bits per heavy atom. The van der Waals surface area contributed by atoms with Crippen molar-refractivity contribution < 1.29 is 23.9 Å². The molecule has 3 atom stereocenters. The number of ether oxygens (including phenoxy) is 2. The molecule has 0 saturated carbocycles. The molecule has 1 amide bonds. The van der Waals surface area contributed by atoms with Crippen LogP contribution in [0.3, 0.4) is 0 Å². The lowest BCUT2D eigenvalue weighted by atomic mass is 9.87. The number of ketones is 1. The number of methoxy groups -OCH3 is 1. The number of amides is 1. The van der Waals surface area contributed by atoms with E-state index in [1.54, 1.807) is 4.90 Å². The second kappa shape index (κ2) is 8.60. The van der Waals surface area contributed by atoms with E-state index in [1.165, 1.54) is 7.11 Å². The van der Waals surface area contributed by atoms with Gasteiger partial charge in [-0.15, -0.1) is 0 Å². The fourth-order valence-electron chi connectivity index (χ4n) is 3.71. The average Bonchev–Trinajstić information content (AvgIpc) is 3.21. The van der Waals surface area contributed by atoms with Gasteiger partial charge in [-0.25, -0.2) is 0 Å². The number of rotatable bonds is 7. The summed E-state index contributed by atoms with van der Waals surface area (Å²) in [5.74, 6) is -0.482. The van der Waals surface area contributed by atoms with Gasteiger partial charge in [0.2, 0.25) is 5.91 Å². The third-order valence-corrected chi connectivity index (χ3v) is 4.98. The standard InChI is InChI=1S/C18H29NO5/c1-12(2)9-16(20)15-5-4-7-19(15)18(22)14(10-17(21)23-3)13-6-8-24-11-13/h12-15H,4-11H2,1-3H3. The van der Waals surface area contributed by atoms with Gasteiger partial charge < -0.3 is 14.4 Å². The van der Waals surface area contributed by atoms with E-state index in [-0.39, 0.29) is 42.0 Å². The fourth-order valence-corrected chi connectivity index (χ4v) is 3.71. The number of nitrogens with zero attached hydrogens (tertiary/aromatic N) is 1. The van der Waals surface area contributed by atoms with Gasteiger partial charge in [-0.05, 0) is 31.1 Å². The van der Waals surface area contributed by atoms with Gasteiger partial charge in [-0.2, -0.15) is 0 Å². The maximum atomic E-state index is 13.1. The number of carbonyl (C=O) groups is 3. The summed E-state index contributed by atoms with van der Waals surface area (Å²) in [6.45, 7) is 5.72. The first kappa shape index (κ1) is 18.9. The van der Waals surface area contributed by atoms with Crippen LogP contribution in [0.1, 0.15) is 46.0 Å². The average molecular weight is 339 g/mol. The van der Waals surface area contributed by atoms with E-state index < -0.39 is 5.92 Å². The quantitative estimate of drug-likeness (QED) is 0.662. The highest BCUT2D eigenvalue weighted by Gasteiger charge is 2.41. The molecule has 0 radical (unpaired) electrons. The van der Waals surface area contributed by atoms with Crippen LogP contribution in [-0.2, 0) is 23.9 Å². The van der Waals surface area contributed by atoms with Crippen molar-refractivity contribution in [2.45, 2.75) is 52.0 Å². The Hall–Kier alpha value is -1.43. The zero-order valence-corrected chi connectivity index (χ0v) is 15.0. The van der Waals surface area contributed by atoms with Gasteiger partial charge in [0.05, 0.1) is 32.1 Å². The minimum absolute atomic E-state index is 0.0260. The number of hydrogen-bond acceptors (Lipinski definition) is 5. The smallest absolute Gasteiger partial charge is 0.306 e. The van der Waals surface area contributed by atoms with Gasteiger partial charge >= 0.3 is 5.97 Å². The zero-order chi connectivity index (χ0) is 17.7. The second-order valence-corrected chi connectivity index (χ2v) is 7.26. The Kier molecular flexibility index (Phi) is 6.78. The van der Waals surface area contributed by atoms with Crippen molar-refractivity contribution in [3.63, 3.8) is 0 Å². The lowest BCUT2D eigenvalue weighted by Gasteiger charge is -2.30. The molecule has 6 nitrogen and oxygen atoms in total. The normalized spacial score (nSPS) is 25.1. The molecule has 2 aliphatic heterocycles. The maximum absolute atomic E-state index is 13.1. The largest absolute Gasteiger partial charge is 0.469 e. The SMILES string of the molecule is COC(=O)CC(C(=O)N1CCCC1C(=O)CC(C)C)C1CCOC1. The molecule has 0 aromatic carbocycles. The highest BCUT2D eigenvalue weighted by Crippen LogP contribution is 2.31. The van der Waals surface area contributed by atoms with Gasteiger partial charge in [0, 0.05) is 19.6 Å². The summed E-state index contributed by atoms with van der Waals surface area (Å²) in [7, 11) is 1.33. The van der Waals surface area contributed by atoms with Crippen molar-refractivity contribution in [2.24, 2.45) is 17.8 Å². The van der Waals surface area contributed by atoms with Crippen LogP contribution in [0.2, 0.25) is 0 Å². The predicted octanol–water partition coefficient (Wildman–Crippen LogP) is 1.81. The van der Waals surface area contributed by atoms with Crippen LogP contribution in [0.5, 0.6) is 0 Å². The second-order valence-electron chi connectivity index (χ2n) is 7.26. The van der Waals surface area contributed by atoms with Gasteiger partial charge in [0.15, 0.2) is 5.78 Å². The summed E-state index contributed by atoms with van der Waals surface area (Å²) in [5, 5.41) is 0. The molecule has 0 N–H and O–H groups in total. The summed E-state index contributed by atoms with van der Waals surface area (Å²) in [5.41, 5.74) is 0. The molecule has 0 aromatic rings. The first-order valence-electron chi connectivity index (χ1n) is 8.91. The van der Waals surface area contributed by atoms with Crippen LogP contribution in [0, 0.1) is 17.8 Å².